The van der Waals surface area contributed by atoms with Gasteiger partial charge in [0.2, 0.25) is 0 Å². The van der Waals surface area contributed by atoms with Gasteiger partial charge in [0, 0.05) is 18.5 Å². The number of nitrogens with zero attached hydrogens (tertiary/aromatic N) is 3. The molecule has 2 aromatic heterocycles. The van der Waals surface area contributed by atoms with Gasteiger partial charge in [-0.05, 0) is 29.9 Å². The first-order valence-electron chi connectivity index (χ1n) is 6.90. The summed E-state index contributed by atoms with van der Waals surface area (Å²) in [5, 5.41) is 9.69. The SMILES string of the molecule is CCc1nn(C)c2c1NC(=O)C1c3ccsc3CCN21. The highest BCUT2D eigenvalue weighted by molar-refractivity contribution is 7.10. The van der Waals surface area contributed by atoms with Gasteiger partial charge >= 0.3 is 0 Å². The number of anilines is 2. The number of aromatic nitrogens is 2. The van der Waals surface area contributed by atoms with Gasteiger partial charge in [0.15, 0.2) is 5.82 Å². The number of thiophene rings is 1. The van der Waals surface area contributed by atoms with Crippen LogP contribution in [-0.2, 0) is 24.7 Å². The zero-order valence-electron chi connectivity index (χ0n) is 11.5. The Morgan fingerprint density at radius 2 is 2.40 bits per heavy atom. The molecule has 2 aromatic rings. The summed E-state index contributed by atoms with van der Waals surface area (Å²) in [6.45, 7) is 2.94. The molecule has 0 fully saturated rings. The van der Waals surface area contributed by atoms with E-state index in [0.717, 1.165) is 42.1 Å². The molecule has 0 spiro atoms. The summed E-state index contributed by atoms with van der Waals surface area (Å²) in [5.74, 6) is 1.11. The van der Waals surface area contributed by atoms with Gasteiger partial charge in [-0.15, -0.1) is 11.3 Å². The van der Waals surface area contributed by atoms with E-state index >= 15 is 0 Å². The van der Waals surface area contributed by atoms with Crippen molar-refractivity contribution in [1.29, 1.82) is 0 Å². The number of rotatable bonds is 1. The van der Waals surface area contributed by atoms with Gasteiger partial charge in [-0.3, -0.25) is 9.48 Å². The summed E-state index contributed by atoms with van der Waals surface area (Å²) in [5.41, 5.74) is 3.02. The molecule has 0 radical (unpaired) electrons. The van der Waals surface area contributed by atoms with Crippen LogP contribution < -0.4 is 10.2 Å². The van der Waals surface area contributed by atoms with Crippen LogP contribution in [0.1, 0.15) is 29.1 Å². The standard InChI is InChI=1S/C14H16N4OS/c1-3-9-11-14(17(2)16-9)18-6-4-10-8(5-7-20-10)12(18)13(19)15-11/h5,7,12H,3-4,6H2,1-2H3,(H,15,19). The molecule has 20 heavy (non-hydrogen) atoms. The Kier molecular flexibility index (Phi) is 2.44. The van der Waals surface area contributed by atoms with Crippen molar-refractivity contribution in [3.63, 3.8) is 0 Å². The van der Waals surface area contributed by atoms with Crippen LogP contribution >= 0.6 is 11.3 Å². The molecule has 0 bridgehead atoms. The van der Waals surface area contributed by atoms with Gasteiger partial charge in [0.25, 0.3) is 5.91 Å². The number of fused-ring (bicyclic) bond motifs is 5. The maximum atomic E-state index is 12.5. The lowest BCUT2D eigenvalue weighted by Crippen LogP contribution is -2.45. The first-order valence-corrected chi connectivity index (χ1v) is 7.78. The quantitative estimate of drug-likeness (QED) is 0.874. The highest BCUT2D eigenvalue weighted by Crippen LogP contribution is 2.44. The minimum Gasteiger partial charge on any atom is -0.339 e. The Morgan fingerprint density at radius 1 is 1.55 bits per heavy atom. The van der Waals surface area contributed by atoms with Gasteiger partial charge in [0.05, 0.1) is 5.69 Å². The van der Waals surface area contributed by atoms with Crippen molar-refractivity contribution in [3.05, 3.63) is 27.6 Å². The van der Waals surface area contributed by atoms with Crippen molar-refractivity contribution in [1.82, 2.24) is 9.78 Å². The monoisotopic (exact) mass is 288 g/mol. The molecule has 104 valence electrons. The average Bonchev–Trinajstić information content (AvgIpc) is 3.02. The normalized spacial score (nSPS) is 20.2. The van der Waals surface area contributed by atoms with E-state index in [2.05, 4.69) is 33.7 Å². The third kappa shape index (κ3) is 1.42. The van der Waals surface area contributed by atoms with E-state index in [1.54, 1.807) is 11.3 Å². The molecule has 2 aliphatic heterocycles. The third-order valence-electron chi connectivity index (χ3n) is 4.16. The predicted octanol–water partition coefficient (Wildman–Crippen LogP) is 2.10. The molecule has 1 atom stereocenters. The largest absolute Gasteiger partial charge is 0.339 e. The molecule has 6 heteroatoms. The molecule has 0 saturated carbocycles. The van der Waals surface area contributed by atoms with Crippen LogP contribution in [0, 0.1) is 0 Å². The molecule has 4 heterocycles. The number of carbonyl (C=O) groups excluding carboxylic acids is 1. The minimum atomic E-state index is -0.197. The summed E-state index contributed by atoms with van der Waals surface area (Å²) in [7, 11) is 1.95. The van der Waals surface area contributed by atoms with E-state index < -0.39 is 0 Å². The fourth-order valence-corrected chi connectivity index (χ4v) is 4.20. The summed E-state index contributed by atoms with van der Waals surface area (Å²) >= 11 is 1.75. The lowest BCUT2D eigenvalue weighted by molar-refractivity contribution is -0.118. The Morgan fingerprint density at radius 3 is 3.20 bits per heavy atom. The topological polar surface area (TPSA) is 50.2 Å². The predicted molar refractivity (Wildman–Crippen MR) is 79.3 cm³/mol. The van der Waals surface area contributed by atoms with Crippen LogP contribution in [0.15, 0.2) is 11.4 Å². The van der Waals surface area contributed by atoms with E-state index in [1.807, 2.05) is 11.7 Å². The second kappa shape index (κ2) is 4.09. The summed E-state index contributed by atoms with van der Waals surface area (Å²) in [6.07, 6.45) is 1.83. The molecule has 0 saturated heterocycles. The second-order valence-corrected chi connectivity index (χ2v) is 6.26. The fourth-order valence-electron chi connectivity index (χ4n) is 3.29. The molecule has 0 aliphatic carbocycles. The van der Waals surface area contributed by atoms with Crippen LogP contribution in [-0.4, -0.2) is 22.2 Å². The second-order valence-electron chi connectivity index (χ2n) is 5.26. The first-order chi connectivity index (χ1) is 9.70. The molecule has 4 rings (SSSR count). The van der Waals surface area contributed by atoms with Gasteiger partial charge < -0.3 is 10.2 Å². The minimum absolute atomic E-state index is 0.0690. The molecule has 2 aliphatic rings. The Bertz CT molecular complexity index is 702. The van der Waals surface area contributed by atoms with E-state index in [-0.39, 0.29) is 11.9 Å². The van der Waals surface area contributed by atoms with Crippen LogP contribution in [0.2, 0.25) is 0 Å². The molecule has 1 N–H and O–H groups in total. The first kappa shape index (κ1) is 12.0. The number of carbonyl (C=O) groups is 1. The Hall–Kier alpha value is -1.82. The lowest BCUT2D eigenvalue weighted by Gasteiger charge is -2.39. The van der Waals surface area contributed by atoms with E-state index in [9.17, 15) is 4.79 Å². The van der Waals surface area contributed by atoms with Gasteiger partial charge in [-0.2, -0.15) is 5.10 Å². The number of aryl methyl sites for hydroxylation is 2. The van der Waals surface area contributed by atoms with Gasteiger partial charge in [-0.1, -0.05) is 6.92 Å². The summed E-state index contributed by atoms with van der Waals surface area (Å²) in [6, 6.07) is 1.89. The maximum absolute atomic E-state index is 12.5. The molecular formula is C14H16N4OS. The average molecular weight is 288 g/mol. The molecule has 0 aromatic carbocycles. The number of nitrogens with one attached hydrogen (secondary N) is 1. The maximum Gasteiger partial charge on any atom is 0.251 e. The van der Waals surface area contributed by atoms with Gasteiger partial charge in [0.1, 0.15) is 11.7 Å². The van der Waals surface area contributed by atoms with Crippen molar-refractivity contribution in [3.8, 4) is 0 Å². The summed E-state index contributed by atoms with van der Waals surface area (Å²) < 4.78 is 1.90. The Labute approximate surface area is 121 Å². The summed E-state index contributed by atoms with van der Waals surface area (Å²) in [4.78, 5) is 16.1. The van der Waals surface area contributed by atoms with E-state index in [1.165, 1.54) is 4.88 Å². The molecular weight excluding hydrogens is 272 g/mol. The number of amides is 1. The van der Waals surface area contributed by atoms with Crippen LogP contribution in [0.5, 0.6) is 0 Å². The van der Waals surface area contributed by atoms with E-state index in [0.29, 0.717) is 0 Å². The van der Waals surface area contributed by atoms with Crippen molar-refractivity contribution < 1.29 is 4.79 Å². The zero-order chi connectivity index (χ0) is 13.9. The smallest absolute Gasteiger partial charge is 0.251 e. The Balaban J connectivity index is 1.90. The van der Waals surface area contributed by atoms with Crippen molar-refractivity contribution in [2.75, 3.05) is 16.8 Å². The van der Waals surface area contributed by atoms with Crippen molar-refractivity contribution in [2.24, 2.45) is 7.05 Å². The molecule has 1 unspecified atom stereocenters. The lowest BCUT2D eigenvalue weighted by atomic mass is 9.97. The van der Waals surface area contributed by atoms with Crippen LogP contribution in [0.25, 0.3) is 0 Å². The third-order valence-corrected chi connectivity index (χ3v) is 5.16. The molecule has 5 nitrogen and oxygen atoms in total. The van der Waals surface area contributed by atoms with E-state index in [4.69, 9.17) is 0 Å². The zero-order valence-corrected chi connectivity index (χ0v) is 12.3. The van der Waals surface area contributed by atoms with Crippen molar-refractivity contribution >= 4 is 28.7 Å². The number of hydrogen-bond donors (Lipinski definition) is 1. The van der Waals surface area contributed by atoms with Crippen LogP contribution in [0.3, 0.4) is 0 Å². The fraction of sp³-hybridized carbons (Fsp3) is 0.429. The number of hydrogen-bond acceptors (Lipinski definition) is 4. The van der Waals surface area contributed by atoms with Crippen LogP contribution in [0.4, 0.5) is 11.5 Å². The highest BCUT2D eigenvalue weighted by atomic mass is 32.1. The molecule has 1 amide bonds. The highest BCUT2D eigenvalue weighted by Gasteiger charge is 2.41. The van der Waals surface area contributed by atoms with Crippen molar-refractivity contribution in [2.45, 2.75) is 25.8 Å². The van der Waals surface area contributed by atoms with Gasteiger partial charge in [-0.25, -0.2) is 0 Å².